The summed E-state index contributed by atoms with van der Waals surface area (Å²) in [7, 11) is 0. The van der Waals surface area contributed by atoms with E-state index < -0.39 is 17.1 Å². The summed E-state index contributed by atoms with van der Waals surface area (Å²) in [6, 6.07) is 0. The fourth-order valence-electron chi connectivity index (χ4n) is 10.1. The molecule has 11 unspecified atom stereocenters. The standard InChI is InChI=1S/C28H40O7/c1-14-10-21(34-25(33)17(14)12-29)15(2)18-4-5-19-16-11-24-28(35-24)23(32)7-6-22(31)27(28,13-30)20(16)8-9-26(18,19)3/h15-16,18-21,23-24,29-30,32H,4-13H2,1-3H3. The number of carbonyl (C=O) groups excluding carboxylic acids is 2. The first-order chi connectivity index (χ1) is 16.7. The molecule has 1 saturated heterocycles. The van der Waals surface area contributed by atoms with Crippen LogP contribution in [-0.4, -0.2) is 64.2 Å². The second kappa shape index (κ2) is 7.86. The van der Waals surface area contributed by atoms with Gasteiger partial charge in [-0.05, 0) is 80.5 Å². The summed E-state index contributed by atoms with van der Waals surface area (Å²) in [6.07, 6.45) is 5.25. The molecule has 4 aliphatic carbocycles. The summed E-state index contributed by atoms with van der Waals surface area (Å²) < 4.78 is 12.1. The number of rotatable bonds is 4. The van der Waals surface area contributed by atoms with Crippen molar-refractivity contribution < 1.29 is 34.4 Å². The summed E-state index contributed by atoms with van der Waals surface area (Å²) in [5.41, 5.74) is -0.442. The van der Waals surface area contributed by atoms with Gasteiger partial charge in [-0.15, -0.1) is 0 Å². The average Bonchev–Trinajstić information content (AvgIpc) is 3.46. The van der Waals surface area contributed by atoms with E-state index in [1.807, 2.05) is 6.92 Å². The fourth-order valence-corrected chi connectivity index (χ4v) is 10.1. The normalized spacial score (nSPS) is 51.7. The van der Waals surface area contributed by atoms with Crippen LogP contribution < -0.4 is 0 Å². The number of aliphatic hydroxyl groups excluding tert-OH is 3. The molecule has 0 aromatic carbocycles. The Kier molecular flexibility index (Phi) is 5.41. The van der Waals surface area contributed by atoms with Crippen molar-refractivity contribution in [2.24, 2.45) is 40.4 Å². The molecule has 7 heteroatoms. The number of Topliss-reactive ketones (excluding diaryl/α,β-unsaturated/α-hetero) is 1. The van der Waals surface area contributed by atoms with Gasteiger partial charge < -0.3 is 24.8 Å². The van der Waals surface area contributed by atoms with E-state index >= 15 is 0 Å². The van der Waals surface area contributed by atoms with Gasteiger partial charge in [-0.3, -0.25) is 4.79 Å². The largest absolute Gasteiger partial charge is 0.458 e. The van der Waals surface area contributed by atoms with Crippen molar-refractivity contribution in [1.82, 2.24) is 0 Å². The number of aliphatic hydroxyl groups is 3. The zero-order chi connectivity index (χ0) is 24.9. The molecule has 6 rings (SSSR count). The van der Waals surface area contributed by atoms with E-state index in [2.05, 4.69) is 13.8 Å². The summed E-state index contributed by atoms with van der Waals surface area (Å²) in [5.74, 6) is 1.07. The molecule has 0 aromatic rings. The predicted octanol–water partition coefficient (Wildman–Crippen LogP) is 2.55. The van der Waals surface area contributed by atoms with E-state index in [9.17, 15) is 24.9 Å². The quantitative estimate of drug-likeness (QED) is 0.411. The van der Waals surface area contributed by atoms with Crippen molar-refractivity contribution in [3.63, 3.8) is 0 Å². The van der Waals surface area contributed by atoms with Crippen LogP contribution in [0.1, 0.15) is 72.1 Å². The van der Waals surface area contributed by atoms with Crippen molar-refractivity contribution in [2.45, 2.75) is 96.1 Å². The van der Waals surface area contributed by atoms with Crippen LogP contribution >= 0.6 is 0 Å². The van der Waals surface area contributed by atoms with Crippen LogP contribution in [-0.2, 0) is 19.1 Å². The van der Waals surface area contributed by atoms with E-state index in [-0.39, 0.29) is 54.4 Å². The van der Waals surface area contributed by atoms with E-state index in [1.54, 1.807) is 0 Å². The maximum absolute atomic E-state index is 13.5. The highest BCUT2D eigenvalue weighted by Crippen LogP contribution is 2.73. The molecule has 4 saturated carbocycles. The van der Waals surface area contributed by atoms with Crippen LogP contribution in [0, 0.1) is 40.4 Å². The molecule has 11 atom stereocenters. The third-order valence-electron chi connectivity index (χ3n) is 11.9. The smallest absolute Gasteiger partial charge is 0.336 e. The average molecular weight is 489 g/mol. The Morgan fingerprint density at radius 2 is 1.89 bits per heavy atom. The van der Waals surface area contributed by atoms with Gasteiger partial charge >= 0.3 is 5.97 Å². The van der Waals surface area contributed by atoms with Gasteiger partial charge in [-0.25, -0.2) is 4.79 Å². The highest BCUT2D eigenvalue weighted by molar-refractivity contribution is 5.90. The van der Waals surface area contributed by atoms with Crippen LogP contribution in [0.15, 0.2) is 11.1 Å². The van der Waals surface area contributed by atoms with Crippen LogP contribution in [0.25, 0.3) is 0 Å². The minimum Gasteiger partial charge on any atom is -0.458 e. The number of hydrogen-bond donors (Lipinski definition) is 3. The van der Waals surface area contributed by atoms with Gasteiger partial charge in [-0.1, -0.05) is 19.4 Å². The summed E-state index contributed by atoms with van der Waals surface area (Å²) in [4.78, 5) is 25.9. The van der Waals surface area contributed by atoms with Gasteiger partial charge in [0.15, 0.2) is 0 Å². The van der Waals surface area contributed by atoms with Gasteiger partial charge in [0.05, 0.1) is 36.4 Å². The maximum Gasteiger partial charge on any atom is 0.336 e. The molecule has 3 N–H and O–H groups in total. The lowest BCUT2D eigenvalue weighted by atomic mass is 9.43. The first-order valence-electron chi connectivity index (χ1n) is 13.7. The number of esters is 1. The molecular weight excluding hydrogens is 448 g/mol. The molecule has 6 aliphatic rings. The first kappa shape index (κ1) is 24.1. The lowest BCUT2D eigenvalue weighted by Crippen LogP contribution is -2.67. The van der Waals surface area contributed by atoms with Crippen molar-refractivity contribution in [2.75, 3.05) is 13.2 Å². The number of cyclic esters (lactones) is 1. The Morgan fingerprint density at radius 3 is 2.57 bits per heavy atom. The number of epoxide rings is 1. The third-order valence-corrected chi connectivity index (χ3v) is 11.9. The zero-order valence-corrected chi connectivity index (χ0v) is 21.2. The molecule has 0 aromatic heterocycles. The zero-order valence-electron chi connectivity index (χ0n) is 21.2. The number of fused-ring (bicyclic) bond motifs is 4. The molecule has 2 aliphatic heterocycles. The van der Waals surface area contributed by atoms with Crippen LogP contribution in [0.3, 0.4) is 0 Å². The van der Waals surface area contributed by atoms with Crippen molar-refractivity contribution >= 4 is 11.8 Å². The molecule has 2 heterocycles. The second-order valence-corrected chi connectivity index (χ2v) is 12.8. The lowest BCUT2D eigenvalue weighted by molar-refractivity contribution is -0.177. The number of hydrogen-bond acceptors (Lipinski definition) is 7. The van der Waals surface area contributed by atoms with E-state index in [4.69, 9.17) is 9.47 Å². The predicted molar refractivity (Wildman–Crippen MR) is 126 cm³/mol. The molecule has 5 fully saturated rings. The van der Waals surface area contributed by atoms with Crippen molar-refractivity contribution in [1.29, 1.82) is 0 Å². The van der Waals surface area contributed by atoms with E-state index in [1.165, 1.54) is 0 Å². The third kappa shape index (κ3) is 2.87. The number of ketones is 1. The highest BCUT2D eigenvalue weighted by Gasteiger charge is 2.82. The van der Waals surface area contributed by atoms with Crippen LogP contribution in [0.2, 0.25) is 0 Å². The van der Waals surface area contributed by atoms with Crippen LogP contribution in [0.5, 0.6) is 0 Å². The molecule has 7 nitrogen and oxygen atoms in total. The number of ether oxygens (including phenoxy) is 2. The summed E-state index contributed by atoms with van der Waals surface area (Å²) in [5, 5.41) is 31.2. The Morgan fingerprint density at radius 1 is 1.11 bits per heavy atom. The lowest BCUT2D eigenvalue weighted by Gasteiger charge is -2.59. The van der Waals surface area contributed by atoms with Gasteiger partial charge in [0.1, 0.15) is 17.5 Å². The molecule has 0 radical (unpaired) electrons. The Labute approximate surface area is 207 Å². The summed E-state index contributed by atoms with van der Waals surface area (Å²) in [6.45, 7) is 6.02. The van der Waals surface area contributed by atoms with Gasteiger partial charge in [0.25, 0.3) is 0 Å². The first-order valence-corrected chi connectivity index (χ1v) is 13.7. The molecule has 0 amide bonds. The van der Waals surface area contributed by atoms with Crippen molar-refractivity contribution in [3.05, 3.63) is 11.1 Å². The molecule has 35 heavy (non-hydrogen) atoms. The van der Waals surface area contributed by atoms with Gasteiger partial charge in [0, 0.05) is 12.8 Å². The summed E-state index contributed by atoms with van der Waals surface area (Å²) >= 11 is 0. The Balaban J connectivity index is 1.28. The van der Waals surface area contributed by atoms with E-state index in [0.29, 0.717) is 42.6 Å². The highest BCUT2D eigenvalue weighted by atomic mass is 16.6. The van der Waals surface area contributed by atoms with Crippen LogP contribution in [0.4, 0.5) is 0 Å². The Bertz CT molecular complexity index is 974. The molecule has 1 spiro atoms. The molecular formula is C28H40O7. The van der Waals surface area contributed by atoms with Crippen molar-refractivity contribution in [3.8, 4) is 0 Å². The molecule has 0 bridgehead atoms. The monoisotopic (exact) mass is 488 g/mol. The minimum absolute atomic E-state index is 0.0469. The second-order valence-electron chi connectivity index (χ2n) is 12.8. The van der Waals surface area contributed by atoms with Gasteiger partial charge in [0.2, 0.25) is 0 Å². The SMILES string of the molecule is CC1=C(CO)C(=O)OC(C(C)C2CCC3C4CC5OC56C(O)CCC(=O)C6(CO)C4CCC23C)C1. The maximum atomic E-state index is 13.5. The topological polar surface area (TPSA) is 117 Å². The van der Waals surface area contributed by atoms with E-state index in [0.717, 1.165) is 37.7 Å². The minimum atomic E-state index is -0.967. The fraction of sp³-hybridized carbons (Fsp3) is 0.857. The Hall–Kier alpha value is -1.28. The number of carbonyl (C=O) groups is 2. The molecule has 194 valence electrons. The van der Waals surface area contributed by atoms with Gasteiger partial charge in [-0.2, -0.15) is 0 Å².